The van der Waals surface area contributed by atoms with Gasteiger partial charge in [0.25, 0.3) is 0 Å². The molecule has 0 saturated heterocycles. The molecule has 5 nitrogen and oxygen atoms in total. The van der Waals surface area contributed by atoms with Gasteiger partial charge < -0.3 is 19.6 Å². The van der Waals surface area contributed by atoms with E-state index in [2.05, 4.69) is 22.7 Å². The van der Waals surface area contributed by atoms with Gasteiger partial charge in [-0.25, -0.2) is 0 Å². The third-order valence-electron chi connectivity index (χ3n) is 3.56. The first-order valence-corrected chi connectivity index (χ1v) is 6.56. The number of rotatable bonds is 3. The Morgan fingerprint density at radius 2 is 2.15 bits per heavy atom. The Morgan fingerprint density at radius 1 is 1.35 bits per heavy atom. The fourth-order valence-electron chi connectivity index (χ4n) is 2.54. The lowest BCUT2D eigenvalue weighted by Crippen LogP contribution is -1.92. The highest BCUT2D eigenvalue weighted by Crippen LogP contribution is 2.35. The number of hydrogen-bond donors (Lipinski definition) is 1. The van der Waals surface area contributed by atoms with Gasteiger partial charge in [0.15, 0.2) is 0 Å². The summed E-state index contributed by atoms with van der Waals surface area (Å²) in [6.45, 7) is 4.67. The first-order valence-electron chi connectivity index (χ1n) is 6.56. The van der Waals surface area contributed by atoms with Crippen LogP contribution in [0.1, 0.15) is 12.6 Å². The summed E-state index contributed by atoms with van der Waals surface area (Å²) in [5.74, 6) is 1.17. The van der Waals surface area contributed by atoms with Crippen molar-refractivity contribution in [1.29, 1.82) is 0 Å². The van der Waals surface area contributed by atoms with Crippen LogP contribution in [0.5, 0.6) is 5.75 Å². The summed E-state index contributed by atoms with van der Waals surface area (Å²) in [4.78, 5) is 0. The van der Waals surface area contributed by atoms with Crippen molar-refractivity contribution >= 4 is 16.8 Å². The minimum atomic E-state index is 0.317. The number of aromatic nitrogens is 2. The number of nitrogens with zero attached hydrogens (tertiary/aromatic N) is 2. The van der Waals surface area contributed by atoms with Crippen molar-refractivity contribution in [3.63, 3.8) is 0 Å². The predicted octanol–water partition coefficient (Wildman–Crippen LogP) is 3.12. The third kappa shape index (κ3) is 1.82. The Bertz CT molecular complexity index is 771. The number of benzene rings is 1. The van der Waals surface area contributed by atoms with Gasteiger partial charge in [0, 0.05) is 35.3 Å². The van der Waals surface area contributed by atoms with Crippen LogP contribution in [0.25, 0.3) is 22.2 Å². The van der Waals surface area contributed by atoms with Crippen LogP contribution in [0, 0.1) is 6.92 Å². The van der Waals surface area contributed by atoms with E-state index in [9.17, 15) is 0 Å². The van der Waals surface area contributed by atoms with E-state index in [1.807, 2.05) is 26.1 Å². The molecule has 0 aliphatic carbocycles. The maximum absolute atomic E-state index is 5.63. The van der Waals surface area contributed by atoms with Gasteiger partial charge in [-0.3, -0.25) is 0 Å². The molecule has 0 radical (unpaired) electrons. The molecule has 5 heteroatoms. The van der Waals surface area contributed by atoms with Gasteiger partial charge in [-0.1, -0.05) is 5.16 Å². The zero-order valence-electron chi connectivity index (χ0n) is 11.8. The number of fused-ring (bicyclic) bond motifs is 1. The van der Waals surface area contributed by atoms with Crippen LogP contribution < -0.4 is 10.5 Å². The molecule has 2 N–H and O–H groups in total. The van der Waals surface area contributed by atoms with E-state index in [4.69, 9.17) is 15.0 Å². The first-order chi connectivity index (χ1) is 9.61. The van der Waals surface area contributed by atoms with Crippen LogP contribution in [0.4, 0.5) is 5.88 Å². The molecule has 0 aliphatic heterocycles. The van der Waals surface area contributed by atoms with E-state index in [0.29, 0.717) is 12.5 Å². The molecule has 2 heterocycles. The highest BCUT2D eigenvalue weighted by atomic mass is 16.5. The highest BCUT2D eigenvalue weighted by molar-refractivity contribution is 5.98. The van der Waals surface area contributed by atoms with E-state index < -0.39 is 0 Å². The summed E-state index contributed by atoms with van der Waals surface area (Å²) in [6.07, 6.45) is 0. The second-order valence-corrected chi connectivity index (χ2v) is 4.75. The van der Waals surface area contributed by atoms with Crippen molar-refractivity contribution in [3.8, 4) is 17.0 Å². The van der Waals surface area contributed by atoms with E-state index in [1.165, 1.54) is 0 Å². The first kappa shape index (κ1) is 12.6. The minimum absolute atomic E-state index is 0.317. The quantitative estimate of drug-likeness (QED) is 0.794. The van der Waals surface area contributed by atoms with Crippen molar-refractivity contribution in [1.82, 2.24) is 9.72 Å². The molecule has 3 rings (SSSR count). The average Bonchev–Trinajstić information content (AvgIpc) is 2.94. The third-order valence-corrected chi connectivity index (χ3v) is 3.56. The normalized spacial score (nSPS) is 11.2. The molecule has 0 amide bonds. The molecule has 2 aromatic heterocycles. The predicted molar refractivity (Wildman–Crippen MR) is 78.7 cm³/mol. The van der Waals surface area contributed by atoms with Gasteiger partial charge in [0.05, 0.1) is 6.61 Å². The maximum Gasteiger partial charge on any atom is 0.222 e. The summed E-state index contributed by atoms with van der Waals surface area (Å²) in [5, 5.41) is 5.12. The van der Waals surface area contributed by atoms with Crippen LogP contribution >= 0.6 is 0 Å². The summed E-state index contributed by atoms with van der Waals surface area (Å²) >= 11 is 0. The van der Waals surface area contributed by atoms with Gasteiger partial charge >= 0.3 is 0 Å². The molecule has 0 spiro atoms. The molecule has 0 atom stereocenters. The smallest absolute Gasteiger partial charge is 0.222 e. The summed E-state index contributed by atoms with van der Waals surface area (Å²) < 4.78 is 12.7. The number of ether oxygens (including phenoxy) is 1. The summed E-state index contributed by atoms with van der Waals surface area (Å²) in [7, 11) is 2.03. The van der Waals surface area contributed by atoms with E-state index >= 15 is 0 Å². The van der Waals surface area contributed by atoms with Crippen LogP contribution in [-0.2, 0) is 7.05 Å². The molecule has 3 aromatic rings. The SMILES string of the molecule is CCOc1ccc2c(c1)c(-c1cc(N)on1)c(C)n2C. The monoisotopic (exact) mass is 271 g/mol. The van der Waals surface area contributed by atoms with Crippen molar-refractivity contribution in [3.05, 3.63) is 30.0 Å². The number of hydrogen-bond acceptors (Lipinski definition) is 4. The van der Waals surface area contributed by atoms with Gasteiger partial charge in [-0.05, 0) is 32.0 Å². The lowest BCUT2D eigenvalue weighted by atomic mass is 10.1. The topological polar surface area (TPSA) is 66.2 Å². The van der Waals surface area contributed by atoms with Crippen LogP contribution in [0.3, 0.4) is 0 Å². The second-order valence-electron chi connectivity index (χ2n) is 4.75. The van der Waals surface area contributed by atoms with Crippen LogP contribution in [0.15, 0.2) is 28.8 Å². The molecule has 0 unspecified atom stereocenters. The molecule has 0 saturated carbocycles. The number of nitrogens with two attached hydrogens (primary N) is 1. The Labute approximate surface area is 116 Å². The standard InChI is InChI=1S/C15H17N3O2/c1-4-19-10-5-6-13-11(7-10)15(9(2)18(13)3)12-8-14(16)20-17-12/h5-8H,4,16H2,1-3H3. The van der Waals surface area contributed by atoms with Crippen molar-refractivity contribution in [2.75, 3.05) is 12.3 Å². The minimum Gasteiger partial charge on any atom is -0.494 e. The van der Waals surface area contributed by atoms with Crippen molar-refractivity contribution < 1.29 is 9.26 Å². The Balaban J connectivity index is 2.28. The Hall–Kier alpha value is -2.43. The van der Waals surface area contributed by atoms with Gasteiger partial charge in [0.1, 0.15) is 11.4 Å². The number of aryl methyl sites for hydroxylation is 1. The van der Waals surface area contributed by atoms with Gasteiger partial charge in [0.2, 0.25) is 5.88 Å². The Morgan fingerprint density at radius 3 is 2.80 bits per heavy atom. The molecule has 104 valence electrons. The molecule has 0 bridgehead atoms. The van der Waals surface area contributed by atoms with Crippen molar-refractivity contribution in [2.24, 2.45) is 7.05 Å². The maximum atomic E-state index is 5.63. The zero-order chi connectivity index (χ0) is 14.3. The summed E-state index contributed by atoms with van der Waals surface area (Å²) in [6, 6.07) is 7.81. The Kier molecular flexibility index (Phi) is 2.89. The van der Waals surface area contributed by atoms with Crippen molar-refractivity contribution in [2.45, 2.75) is 13.8 Å². The molecular formula is C15H17N3O2. The molecule has 20 heavy (non-hydrogen) atoms. The van der Waals surface area contributed by atoms with E-state index in [1.54, 1.807) is 6.07 Å². The van der Waals surface area contributed by atoms with Crippen LogP contribution in [0.2, 0.25) is 0 Å². The zero-order valence-corrected chi connectivity index (χ0v) is 11.8. The lowest BCUT2D eigenvalue weighted by molar-refractivity contribution is 0.340. The van der Waals surface area contributed by atoms with Gasteiger partial charge in [-0.2, -0.15) is 0 Å². The molecule has 0 fully saturated rings. The van der Waals surface area contributed by atoms with E-state index in [0.717, 1.165) is 33.6 Å². The highest BCUT2D eigenvalue weighted by Gasteiger charge is 2.17. The molecule has 0 aliphatic rings. The second kappa shape index (κ2) is 4.59. The molecule has 1 aromatic carbocycles. The van der Waals surface area contributed by atoms with Crippen LogP contribution in [-0.4, -0.2) is 16.3 Å². The fourth-order valence-corrected chi connectivity index (χ4v) is 2.54. The average molecular weight is 271 g/mol. The summed E-state index contributed by atoms with van der Waals surface area (Å²) in [5.41, 5.74) is 9.66. The lowest BCUT2D eigenvalue weighted by Gasteiger charge is -2.03. The molecular weight excluding hydrogens is 254 g/mol. The fraction of sp³-hybridized carbons (Fsp3) is 0.267. The largest absolute Gasteiger partial charge is 0.494 e. The number of anilines is 1. The van der Waals surface area contributed by atoms with Gasteiger partial charge in [-0.15, -0.1) is 0 Å². The van der Waals surface area contributed by atoms with E-state index in [-0.39, 0.29) is 0 Å². The number of nitrogen functional groups attached to an aromatic ring is 1.